The minimum absolute atomic E-state index is 0.438. The fraction of sp³-hybridized carbons (Fsp3) is 0.440. The molecule has 162 valence electrons. The first-order valence-corrected chi connectivity index (χ1v) is 11.1. The highest BCUT2D eigenvalue weighted by atomic mass is 16.4. The lowest BCUT2D eigenvalue weighted by Crippen LogP contribution is -2.34. The van der Waals surface area contributed by atoms with E-state index in [1.807, 2.05) is 30.6 Å². The van der Waals surface area contributed by atoms with Crippen molar-refractivity contribution in [3.05, 3.63) is 72.2 Å². The molecule has 0 saturated heterocycles. The molecule has 6 heteroatoms. The highest BCUT2D eigenvalue weighted by molar-refractivity contribution is 5.50. The van der Waals surface area contributed by atoms with E-state index in [-0.39, 0.29) is 0 Å². The Morgan fingerprint density at radius 2 is 1.94 bits per heavy atom. The van der Waals surface area contributed by atoms with Crippen LogP contribution in [-0.4, -0.2) is 26.7 Å². The van der Waals surface area contributed by atoms with Crippen LogP contribution < -0.4 is 5.32 Å². The highest BCUT2D eigenvalue weighted by Crippen LogP contribution is 2.38. The zero-order valence-corrected chi connectivity index (χ0v) is 18.5. The molecule has 31 heavy (non-hydrogen) atoms. The number of pyridine rings is 2. The summed E-state index contributed by atoms with van der Waals surface area (Å²) in [6.45, 7) is 8.74. The summed E-state index contributed by atoms with van der Waals surface area (Å²) in [4.78, 5) is 8.25. The lowest BCUT2D eigenvalue weighted by molar-refractivity contribution is 0.218. The molecule has 0 saturated carbocycles. The Morgan fingerprint density at radius 1 is 1.10 bits per heavy atom. The second-order valence-corrected chi connectivity index (χ2v) is 8.85. The van der Waals surface area contributed by atoms with E-state index in [4.69, 9.17) is 4.42 Å². The predicted molar refractivity (Wildman–Crippen MR) is 121 cm³/mol. The van der Waals surface area contributed by atoms with Crippen molar-refractivity contribution in [3.8, 4) is 11.5 Å². The van der Waals surface area contributed by atoms with Gasteiger partial charge in [0.05, 0.1) is 0 Å². The Morgan fingerprint density at radius 3 is 2.68 bits per heavy atom. The third kappa shape index (κ3) is 5.44. The van der Waals surface area contributed by atoms with Crippen LogP contribution in [-0.2, 0) is 13.0 Å². The van der Waals surface area contributed by atoms with Crippen LogP contribution >= 0.6 is 0 Å². The van der Waals surface area contributed by atoms with Crippen molar-refractivity contribution in [3.63, 3.8) is 0 Å². The summed E-state index contributed by atoms with van der Waals surface area (Å²) in [5.74, 6) is 3.48. The lowest BCUT2D eigenvalue weighted by Gasteiger charge is -2.37. The number of hydrogen-bond donors (Lipinski definition) is 1. The maximum atomic E-state index is 5.96. The second kappa shape index (κ2) is 9.96. The monoisotopic (exact) mass is 417 g/mol. The Balaban J connectivity index is 1.40. The van der Waals surface area contributed by atoms with Gasteiger partial charge >= 0.3 is 0 Å². The third-order valence-corrected chi connectivity index (χ3v) is 6.33. The first-order valence-electron chi connectivity index (χ1n) is 11.1. The van der Waals surface area contributed by atoms with E-state index in [9.17, 15) is 0 Å². The summed E-state index contributed by atoms with van der Waals surface area (Å²) in [5.41, 5.74) is 3.55. The average Bonchev–Trinajstić information content (AvgIpc) is 3.25. The molecule has 1 aliphatic carbocycles. The van der Waals surface area contributed by atoms with Gasteiger partial charge in [0.25, 0.3) is 0 Å². The second-order valence-electron chi connectivity index (χ2n) is 8.85. The van der Waals surface area contributed by atoms with E-state index in [0.717, 1.165) is 31.5 Å². The van der Waals surface area contributed by atoms with Gasteiger partial charge in [0.15, 0.2) is 0 Å². The fourth-order valence-electron chi connectivity index (χ4n) is 4.55. The number of nitrogens with one attached hydrogen (secondary N) is 1. The van der Waals surface area contributed by atoms with Gasteiger partial charge in [-0.1, -0.05) is 31.6 Å². The molecule has 0 aliphatic heterocycles. The zero-order valence-electron chi connectivity index (χ0n) is 18.5. The molecule has 1 aliphatic rings. The molecule has 0 radical (unpaired) electrons. The zero-order chi connectivity index (χ0) is 21.6. The van der Waals surface area contributed by atoms with Crippen LogP contribution in [0.1, 0.15) is 38.6 Å². The molecule has 0 spiro atoms. The van der Waals surface area contributed by atoms with Crippen LogP contribution in [0.3, 0.4) is 0 Å². The molecule has 3 atom stereocenters. The van der Waals surface area contributed by atoms with Crippen molar-refractivity contribution in [2.24, 2.45) is 23.7 Å². The van der Waals surface area contributed by atoms with Crippen LogP contribution in [0.5, 0.6) is 0 Å². The lowest BCUT2D eigenvalue weighted by atomic mass is 9.70. The summed E-state index contributed by atoms with van der Waals surface area (Å²) >= 11 is 0. The molecule has 3 heterocycles. The standard InChI is InChI=1S/C25H31N5O/c1-17(2)23-12-21(13-24-29-30-25(31-24)20-6-9-26-10-7-20)18(3)11-22(23)16-28-15-19-5-4-8-27-14-19/h4-11,14,17,21-23,28H,12-13,15-16H2,1-3H3. The molecule has 0 aromatic carbocycles. The molecule has 0 amide bonds. The van der Waals surface area contributed by atoms with Gasteiger partial charge in [0.2, 0.25) is 11.8 Å². The van der Waals surface area contributed by atoms with Gasteiger partial charge in [-0.25, -0.2) is 0 Å². The molecule has 3 unspecified atom stereocenters. The summed E-state index contributed by atoms with van der Waals surface area (Å²) in [7, 11) is 0. The molecular weight excluding hydrogens is 386 g/mol. The summed E-state index contributed by atoms with van der Waals surface area (Å²) in [6.07, 6.45) is 11.6. The average molecular weight is 418 g/mol. The number of allylic oxidation sites excluding steroid dienone is 1. The van der Waals surface area contributed by atoms with Gasteiger partial charge in [0.1, 0.15) is 0 Å². The molecule has 0 fully saturated rings. The van der Waals surface area contributed by atoms with Crippen molar-refractivity contribution in [2.75, 3.05) is 6.54 Å². The quantitative estimate of drug-likeness (QED) is 0.535. The van der Waals surface area contributed by atoms with Crippen LogP contribution in [0, 0.1) is 23.7 Å². The Kier molecular flexibility index (Phi) is 6.87. The van der Waals surface area contributed by atoms with Gasteiger partial charge < -0.3 is 9.73 Å². The van der Waals surface area contributed by atoms with Crippen molar-refractivity contribution in [2.45, 2.75) is 40.2 Å². The van der Waals surface area contributed by atoms with Crippen LogP contribution in [0.4, 0.5) is 0 Å². The van der Waals surface area contributed by atoms with Crippen molar-refractivity contribution < 1.29 is 4.42 Å². The number of rotatable bonds is 8. The number of nitrogens with zero attached hydrogens (tertiary/aromatic N) is 4. The molecule has 3 aromatic heterocycles. The number of hydrogen-bond acceptors (Lipinski definition) is 6. The first-order chi connectivity index (χ1) is 15.1. The first kappa shape index (κ1) is 21.4. The smallest absolute Gasteiger partial charge is 0.247 e. The van der Waals surface area contributed by atoms with Crippen LogP contribution in [0.25, 0.3) is 11.5 Å². The predicted octanol–water partition coefficient (Wildman–Crippen LogP) is 4.71. The molecular formula is C25H31N5O. The maximum Gasteiger partial charge on any atom is 0.247 e. The van der Waals surface area contributed by atoms with E-state index in [0.29, 0.717) is 35.5 Å². The summed E-state index contributed by atoms with van der Waals surface area (Å²) < 4.78 is 5.96. The minimum Gasteiger partial charge on any atom is -0.421 e. The van der Waals surface area contributed by atoms with Gasteiger partial charge in [-0.05, 0) is 60.8 Å². The van der Waals surface area contributed by atoms with E-state index in [1.54, 1.807) is 12.4 Å². The normalized spacial score (nSPS) is 21.3. The summed E-state index contributed by atoms with van der Waals surface area (Å²) in [5, 5.41) is 12.2. The minimum atomic E-state index is 0.438. The third-order valence-electron chi connectivity index (χ3n) is 6.33. The van der Waals surface area contributed by atoms with Gasteiger partial charge in [-0.15, -0.1) is 10.2 Å². The van der Waals surface area contributed by atoms with E-state index in [2.05, 4.69) is 58.4 Å². The topological polar surface area (TPSA) is 76.7 Å². The Labute approximate surface area is 184 Å². The molecule has 4 rings (SSSR count). The van der Waals surface area contributed by atoms with Gasteiger partial charge in [0, 0.05) is 49.9 Å². The maximum absolute atomic E-state index is 5.96. The Bertz CT molecular complexity index is 983. The molecule has 6 nitrogen and oxygen atoms in total. The van der Waals surface area contributed by atoms with E-state index >= 15 is 0 Å². The van der Waals surface area contributed by atoms with Crippen LogP contribution in [0.2, 0.25) is 0 Å². The fourth-order valence-corrected chi connectivity index (χ4v) is 4.55. The molecule has 3 aromatic rings. The number of aromatic nitrogens is 4. The van der Waals surface area contributed by atoms with Crippen molar-refractivity contribution in [1.29, 1.82) is 0 Å². The van der Waals surface area contributed by atoms with Crippen LogP contribution in [0.15, 0.2) is 65.1 Å². The molecule has 0 bridgehead atoms. The molecule has 1 N–H and O–H groups in total. The largest absolute Gasteiger partial charge is 0.421 e. The van der Waals surface area contributed by atoms with Gasteiger partial charge in [-0.2, -0.15) is 0 Å². The van der Waals surface area contributed by atoms with Gasteiger partial charge in [-0.3, -0.25) is 9.97 Å². The summed E-state index contributed by atoms with van der Waals surface area (Å²) in [6, 6.07) is 7.88. The van der Waals surface area contributed by atoms with E-state index < -0.39 is 0 Å². The van der Waals surface area contributed by atoms with E-state index in [1.165, 1.54) is 11.1 Å². The van der Waals surface area contributed by atoms with Crippen molar-refractivity contribution in [1.82, 2.24) is 25.5 Å². The SMILES string of the molecule is CC1=CC(CNCc2cccnc2)C(C(C)C)CC1Cc1nnc(-c2ccncc2)o1. The Hall–Kier alpha value is -2.86. The highest BCUT2D eigenvalue weighted by Gasteiger charge is 2.32. The van der Waals surface area contributed by atoms with Crippen molar-refractivity contribution >= 4 is 0 Å².